The van der Waals surface area contributed by atoms with Crippen molar-refractivity contribution >= 4 is 37.2 Å². The summed E-state index contributed by atoms with van der Waals surface area (Å²) in [6.07, 6.45) is 13.3. The third kappa shape index (κ3) is 7.07. The zero-order valence-corrected chi connectivity index (χ0v) is 27.5. The molecule has 0 saturated heterocycles. The van der Waals surface area contributed by atoms with Gasteiger partial charge in [-0.3, -0.25) is 0 Å². The summed E-state index contributed by atoms with van der Waals surface area (Å²) in [6, 6.07) is 13.0. The number of nitrogens with zero attached hydrogens (tertiary/aromatic N) is 1. The molecule has 0 amide bonds. The van der Waals surface area contributed by atoms with Gasteiger partial charge >= 0.3 is 37.9 Å². The second-order valence-electron chi connectivity index (χ2n) is 10.1. The Morgan fingerprint density at radius 3 is 1.97 bits per heavy atom. The van der Waals surface area contributed by atoms with Gasteiger partial charge in [-0.2, -0.15) is 4.58 Å². The van der Waals surface area contributed by atoms with Gasteiger partial charge in [0.1, 0.15) is 11.5 Å². The van der Waals surface area contributed by atoms with Gasteiger partial charge in [0.05, 0.1) is 5.56 Å². The molecule has 0 bridgehead atoms. The van der Waals surface area contributed by atoms with E-state index < -0.39 is 29.2 Å². The molecule has 5 rings (SSSR count). The molecule has 2 saturated carbocycles. The number of hydrogen-bond donors (Lipinski definition) is 0. The summed E-state index contributed by atoms with van der Waals surface area (Å²) in [4.78, 5) is 0. The van der Waals surface area contributed by atoms with Crippen LogP contribution in [0.3, 0.4) is 0 Å². The van der Waals surface area contributed by atoms with Crippen LogP contribution in [0.4, 0.5) is 5.69 Å². The van der Waals surface area contributed by atoms with E-state index in [2.05, 4.69) is 67.6 Å². The summed E-state index contributed by atoms with van der Waals surface area (Å²) in [5, 5.41) is 0. The number of halogens is 2. The summed E-state index contributed by atoms with van der Waals surface area (Å²) in [7, 11) is 8.03. The van der Waals surface area contributed by atoms with Gasteiger partial charge in [-0.05, 0) is 75.4 Å². The Balaban J connectivity index is 0.000000871. The number of hydrogen-bond acceptors (Lipinski definition) is 2. The third-order valence-electron chi connectivity index (χ3n) is 8.03. The first-order valence-electron chi connectivity index (χ1n) is 12.6. The second kappa shape index (κ2) is 14.5. The number of para-hydroxylation sites is 1. The summed E-state index contributed by atoms with van der Waals surface area (Å²) >= 11 is -0.826. The number of aryl methyl sites for hydroxylation is 2. The van der Waals surface area contributed by atoms with E-state index in [1.807, 2.05) is 0 Å². The molecule has 0 atom stereocenters. The average molecular weight is 627 g/mol. The standard InChI is InChI=1S/C27H36NO2Si.2CH3.2ClH.Zr/c1-20-9-8-10-21(2)27(20)28-18-22-17-23(15-16-26(22)29-19-28)30-31(3,24-11-4-5-12-24)25-13-6-7-14-25;;;;;/h8-10,15-18,24-25H,4-7,11-14,19H2,1-3H3;2*1H3;2*1H;/q+1;2*-1;;;+4/p-2. The van der Waals surface area contributed by atoms with Crippen LogP contribution in [0.2, 0.25) is 17.6 Å². The topological polar surface area (TPSA) is 21.5 Å². The summed E-state index contributed by atoms with van der Waals surface area (Å²) in [5.41, 5.74) is 6.56. The molecule has 0 N–H and O–H groups in total. The van der Waals surface area contributed by atoms with Crippen LogP contribution in [0.25, 0.3) is 0 Å². The number of ether oxygens (including phenoxy) is 1. The van der Waals surface area contributed by atoms with Crippen LogP contribution in [0.1, 0.15) is 68.1 Å². The molecule has 1 heterocycles. The van der Waals surface area contributed by atoms with Crippen LogP contribution in [-0.4, -0.2) is 25.8 Å². The zero-order valence-electron chi connectivity index (χ0n) is 22.6. The van der Waals surface area contributed by atoms with Crippen LogP contribution in [-0.2, 0) is 20.8 Å². The molecule has 7 heteroatoms. The van der Waals surface area contributed by atoms with E-state index in [9.17, 15) is 0 Å². The quantitative estimate of drug-likeness (QED) is 0.187. The Morgan fingerprint density at radius 2 is 1.44 bits per heavy atom. The van der Waals surface area contributed by atoms with E-state index in [1.165, 1.54) is 68.2 Å². The maximum atomic E-state index is 7.07. The predicted octanol–water partition coefficient (Wildman–Crippen LogP) is 9.54. The van der Waals surface area contributed by atoms with Crippen molar-refractivity contribution in [1.82, 2.24) is 0 Å². The Bertz CT molecular complexity index is 984. The van der Waals surface area contributed by atoms with E-state index in [0.29, 0.717) is 6.73 Å². The third-order valence-corrected chi connectivity index (χ3v) is 13.1. The van der Waals surface area contributed by atoms with Gasteiger partial charge in [-0.25, -0.2) is 0 Å². The first kappa shape index (κ1) is 31.6. The van der Waals surface area contributed by atoms with E-state index in [4.69, 9.17) is 26.2 Å². The molecule has 3 aliphatic rings. The first-order chi connectivity index (χ1) is 16.5. The van der Waals surface area contributed by atoms with Gasteiger partial charge < -0.3 is 24.0 Å². The van der Waals surface area contributed by atoms with E-state index in [0.717, 1.165) is 28.1 Å². The SMILES string of the molecule is Cc1cccc(C)c1[N+]1=Cc2cc(O[Si](C)(C3CCCC3)C3CCCC3)ccc2OC1.[CH3-].[CH3-].[Cl][Zr+2][Cl]. The molecule has 0 radical (unpaired) electrons. The van der Waals surface area contributed by atoms with Crippen molar-refractivity contribution in [3.05, 3.63) is 67.9 Å². The van der Waals surface area contributed by atoms with Crippen LogP contribution in [0.15, 0.2) is 36.4 Å². The van der Waals surface area contributed by atoms with Gasteiger partial charge in [0, 0.05) is 11.1 Å². The molecule has 3 nitrogen and oxygen atoms in total. The molecule has 0 unspecified atom stereocenters. The van der Waals surface area contributed by atoms with Crippen molar-refractivity contribution in [2.24, 2.45) is 0 Å². The molecule has 0 aromatic heterocycles. The van der Waals surface area contributed by atoms with Crippen LogP contribution in [0, 0.1) is 28.7 Å². The van der Waals surface area contributed by atoms with Gasteiger partial charge in [-0.15, -0.1) is 0 Å². The Morgan fingerprint density at radius 1 is 0.917 bits per heavy atom. The van der Waals surface area contributed by atoms with Gasteiger partial charge in [0.15, 0.2) is 6.21 Å². The van der Waals surface area contributed by atoms with Crippen molar-refractivity contribution in [2.45, 2.75) is 82.8 Å². The van der Waals surface area contributed by atoms with Crippen molar-refractivity contribution in [2.75, 3.05) is 6.73 Å². The fourth-order valence-electron chi connectivity index (χ4n) is 6.31. The van der Waals surface area contributed by atoms with Crippen molar-refractivity contribution < 1.29 is 34.6 Å². The van der Waals surface area contributed by atoms with E-state index in [-0.39, 0.29) is 14.9 Å². The number of fused-ring (bicyclic) bond motifs is 1. The fraction of sp³-hybridized carbons (Fsp3) is 0.483. The average Bonchev–Trinajstić information content (AvgIpc) is 3.54. The van der Waals surface area contributed by atoms with Crippen molar-refractivity contribution in [3.63, 3.8) is 0 Å². The van der Waals surface area contributed by atoms with E-state index >= 15 is 0 Å². The predicted molar refractivity (Wildman–Crippen MR) is 154 cm³/mol. The van der Waals surface area contributed by atoms with Gasteiger partial charge in [0.25, 0.3) is 15.0 Å². The molecule has 196 valence electrons. The molecule has 1 aliphatic heterocycles. The second-order valence-corrected chi connectivity index (χ2v) is 18.1. The van der Waals surface area contributed by atoms with Crippen molar-refractivity contribution in [3.8, 4) is 11.5 Å². The molecule has 36 heavy (non-hydrogen) atoms. The Labute approximate surface area is 239 Å². The Kier molecular flexibility index (Phi) is 12.7. The molecule has 2 aromatic carbocycles. The van der Waals surface area contributed by atoms with E-state index in [1.54, 1.807) is 0 Å². The Hall–Kier alpha value is -0.610. The van der Waals surface area contributed by atoms with Crippen LogP contribution in [0.5, 0.6) is 11.5 Å². The van der Waals surface area contributed by atoms with Crippen LogP contribution < -0.4 is 9.16 Å². The minimum atomic E-state index is -1.84. The molecular weight excluding hydrogens is 585 g/mol. The van der Waals surface area contributed by atoms with Crippen molar-refractivity contribution in [1.29, 1.82) is 0 Å². The summed E-state index contributed by atoms with van der Waals surface area (Å²) in [6.45, 7) is 7.44. The number of benzene rings is 2. The minimum absolute atomic E-state index is 0. The maximum absolute atomic E-state index is 7.07. The normalized spacial score (nSPS) is 17.3. The van der Waals surface area contributed by atoms with Gasteiger partial charge in [-0.1, -0.05) is 43.9 Å². The summed E-state index contributed by atoms with van der Waals surface area (Å²) < 4.78 is 15.4. The molecule has 2 fully saturated rings. The first-order valence-corrected chi connectivity index (χ1v) is 21.5. The monoisotopic (exact) mass is 624 g/mol. The van der Waals surface area contributed by atoms with Crippen LogP contribution >= 0.6 is 17.0 Å². The van der Waals surface area contributed by atoms with Gasteiger partial charge in [0.2, 0.25) is 5.69 Å². The zero-order chi connectivity index (χ0) is 24.1. The fourth-order valence-corrected chi connectivity index (χ4v) is 11.1. The number of rotatable bonds is 5. The summed E-state index contributed by atoms with van der Waals surface area (Å²) in [5.74, 6) is 2.01. The molecule has 2 aromatic rings. The molecule has 2 aliphatic carbocycles. The molecular formula is C29H42Cl2NO2SiZr+. The molecule has 0 spiro atoms.